The SMILES string of the molecule is Cc1nc(-c2ccc(CC(=O)Nc3ccc(N(C)C)cc3)cc2)cs1. The fourth-order valence-electron chi connectivity index (χ4n) is 2.52. The molecule has 3 rings (SSSR count). The quantitative estimate of drug-likeness (QED) is 0.742. The Hall–Kier alpha value is -2.66. The molecule has 0 saturated heterocycles. The third kappa shape index (κ3) is 4.45. The Labute approximate surface area is 152 Å². The summed E-state index contributed by atoms with van der Waals surface area (Å²) in [6, 6.07) is 15.8. The van der Waals surface area contributed by atoms with Crippen LogP contribution in [-0.4, -0.2) is 25.0 Å². The molecule has 0 aliphatic rings. The molecule has 0 aliphatic carbocycles. The van der Waals surface area contributed by atoms with Crippen LogP contribution in [0.25, 0.3) is 11.3 Å². The minimum atomic E-state index is -0.0187. The van der Waals surface area contributed by atoms with Gasteiger partial charge < -0.3 is 10.2 Å². The van der Waals surface area contributed by atoms with Gasteiger partial charge in [0.25, 0.3) is 0 Å². The Morgan fingerprint density at radius 3 is 2.32 bits per heavy atom. The molecule has 0 aliphatic heterocycles. The molecule has 128 valence electrons. The first kappa shape index (κ1) is 17.2. The predicted molar refractivity (Wildman–Crippen MR) is 105 cm³/mol. The molecule has 0 fully saturated rings. The van der Waals surface area contributed by atoms with Crippen LogP contribution in [0.2, 0.25) is 0 Å². The number of rotatable bonds is 5. The number of amides is 1. The minimum absolute atomic E-state index is 0.0187. The summed E-state index contributed by atoms with van der Waals surface area (Å²) in [5.41, 5.74) is 4.96. The van der Waals surface area contributed by atoms with Crippen LogP contribution in [0, 0.1) is 6.92 Å². The number of hydrogen-bond acceptors (Lipinski definition) is 4. The van der Waals surface area contributed by atoms with Gasteiger partial charge in [-0.15, -0.1) is 11.3 Å². The van der Waals surface area contributed by atoms with E-state index >= 15 is 0 Å². The first-order chi connectivity index (χ1) is 12.0. The number of hydrogen-bond donors (Lipinski definition) is 1. The summed E-state index contributed by atoms with van der Waals surface area (Å²) in [5, 5.41) is 6.04. The second-order valence-electron chi connectivity index (χ2n) is 6.11. The molecule has 2 aromatic carbocycles. The van der Waals surface area contributed by atoms with Crippen molar-refractivity contribution in [2.75, 3.05) is 24.3 Å². The summed E-state index contributed by atoms with van der Waals surface area (Å²) in [6.45, 7) is 2.00. The highest BCUT2D eigenvalue weighted by Gasteiger charge is 2.06. The van der Waals surface area contributed by atoms with E-state index in [1.54, 1.807) is 11.3 Å². The van der Waals surface area contributed by atoms with Gasteiger partial charge in [-0.1, -0.05) is 24.3 Å². The molecule has 25 heavy (non-hydrogen) atoms. The van der Waals surface area contributed by atoms with E-state index in [0.29, 0.717) is 6.42 Å². The molecule has 0 radical (unpaired) electrons. The van der Waals surface area contributed by atoms with Gasteiger partial charge in [0, 0.05) is 36.4 Å². The van der Waals surface area contributed by atoms with E-state index in [0.717, 1.165) is 33.2 Å². The number of nitrogens with zero attached hydrogens (tertiary/aromatic N) is 2. The Morgan fingerprint density at radius 2 is 1.76 bits per heavy atom. The largest absolute Gasteiger partial charge is 0.378 e. The zero-order valence-corrected chi connectivity index (χ0v) is 15.4. The van der Waals surface area contributed by atoms with E-state index in [1.807, 2.05) is 74.4 Å². The molecule has 4 nitrogen and oxygen atoms in total. The lowest BCUT2D eigenvalue weighted by Crippen LogP contribution is -2.14. The molecule has 1 aromatic heterocycles. The molecule has 0 bridgehead atoms. The van der Waals surface area contributed by atoms with Crippen molar-refractivity contribution in [3.63, 3.8) is 0 Å². The molecule has 3 aromatic rings. The number of aryl methyl sites for hydroxylation is 1. The number of thiazole rings is 1. The molecule has 1 heterocycles. The molecular formula is C20H21N3OS. The van der Waals surface area contributed by atoms with Gasteiger partial charge in [0.2, 0.25) is 5.91 Å². The highest BCUT2D eigenvalue weighted by atomic mass is 32.1. The number of benzene rings is 2. The van der Waals surface area contributed by atoms with E-state index in [1.165, 1.54) is 0 Å². The monoisotopic (exact) mass is 351 g/mol. The van der Waals surface area contributed by atoms with Crippen molar-refractivity contribution < 1.29 is 4.79 Å². The molecule has 5 heteroatoms. The minimum Gasteiger partial charge on any atom is -0.378 e. The third-order valence-corrected chi connectivity index (χ3v) is 4.67. The maximum Gasteiger partial charge on any atom is 0.228 e. The van der Waals surface area contributed by atoms with Crippen LogP contribution in [-0.2, 0) is 11.2 Å². The van der Waals surface area contributed by atoms with E-state index in [-0.39, 0.29) is 5.91 Å². The predicted octanol–water partition coefficient (Wildman–Crippen LogP) is 4.37. The Kier molecular flexibility index (Phi) is 5.14. The van der Waals surface area contributed by atoms with Crippen molar-refractivity contribution in [1.29, 1.82) is 0 Å². The number of anilines is 2. The number of carbonyl (C=O) groups is 1. The Bertz CT molecular complexity index is 851. The molecular weight excluding hydrogens is 330 g/mol. The number of aromatic nitrogens is 1. The Balaban J connectivity index is 1.61. The highest BCUT2D eigenvalue weighted by molar-refractivity contribution is 7.09. The van der Waals surface area contributed by atoms with E-state index < -0.39 is 0 Å². The normalized spacial score (nSPS) is 10.5. The summed E-state index contributed by atoms with van der Waals surface area (Å²) >= 11 is 1.64. The average Bonchev–Trinajstić information content (AvgIpc) is 3.02. The first-order valence-corrected chi connectivity index (χ1v) is 8.98. The van der Waals surface area contributed by atoms with Gasteiger partial charge in [-0.25, -0.2) is 4.98 Å². The van der Waals surface area contributed by atoms with Crippen LogP contribution >= 0.6 is 11.3 Å². The summed E-state index contributed by atoms with van der Waals surface area (Å²) < 4.78 is 0. The summed E-state index contributed by atoms with van der Waals surface area (Å²) in [7, 11) is 3.98. The van der Waals surface area contributed by atoms with Gasteiger partial charge in [-0.3, -0.25) is 4.79 Å². The first-order valence-electron chi connectivity index (χ1n) is 8.10. The van der Waals surface area contributed by atoms with Gasteiger partial charge in [-0.2, -0.15) is 0 Å². The topological polar surface area (TPSA) is 45.2 Å². The zero-order valence-electron chi connectivity index (χ0n) is 14.6. The van der Waals surface area contributed by atoms with E-state index in [2.05, 4.69) is 15.7 Å². The van der Waals surface area contributed by atoms with Crippen LogP contribution < -0.4 is 10.2 Å². The van der Waals surface area contributed by atoms with E-state index in [9.17, 15) is 4.79 Å². The van der Waals surface area contributed by atoms with Crippen molar-refractivity contribution in [1.82, 2.24) is 4.98 Å². The van der Waals surface area contributed by atoms with Crippen LogP contribution in [0.3, 0.4) is 0 Å². The van der Waals surface area contributed by atoms with Crippen LogP contribution in [0.15, 0.2) is 53.9 Å². The van der Waals surface area contributed by atoms with Crippen LogP contribution in [0.5, 0.6) is 0 Å². The van der Waals surface area contributed by atoms with Gasteiger partial charge >= 0.3 is 0 Å². The lowest BCUT2D eigenvalue weighted by Gasteiger charge is -2.13. The van der Waals surface area contributed by atoms with Gasteiger partial charge in [0.05, 0.1) is 17.1 Å². The maximum atomic E-state index is 12.2. The summed E-state index contributed by atoms with van der Waals surface area (Å²) in [4.78, 5) is 18.7. The van der Waals surface area contributed by atoms with Crippen LogP contribution in [0.1, 0.15) is 10.6 Å². The molecule has 0 spiro atoms. The second kappa shape index (κ2) is 7.49. The van der Waals surface area contributed by atoms with Crippen LogP contribution in [0.4, 0.5) is 11.4 Å². The number of carbonyl (C=O) groups excluding carboxylic acids is 1. The van der Waals surface area contributed by atoms with Crippen molar-refractivity contribution in [3.05, 3.63) is 64.5 Å². The number of nitrogens with one attached hydrogen (secondary N) is 1. The fourth-order valence-corrected chi connectivity index (χ4v) is 3.14. The van der Waals surface area contributed by atoms with Gasteiger partial charge in [-0.05, 0) is 36.8 Å². The van der Waals surface area contributed by atoms with Crippen molar-refractivity contribution in [3.8, 4) is 11.3 Å². The second-order valence-corrected chi connectivity index (χ2v) is 7.18. The summed E-state index contributed by atoms with van der Waals surface area (Å²) in [5.74, 6) is -0.0187. The third-order valence-electron chi connectivity index (χ3n) is 3.90. The van der Waals surface area contributed by atoms with Crippen molar-refractivity contribution in [2.45, 2.75) is 13.3 Å². The average molecular weight is 351 g/mol. The molecule has 0 saturated carbocycles. The van der Waals surface area contributed by atoms with Gasteiger partial charge in [0.1, 0.15) is 0 Å². The van der Waals surface area contributed by atoms with E-state index in [4.69, 9.17) is 0 Å². The Morgan fingerprint density at radius 1 is 1.08 bits per heavy atom. The molecule has 0 unspecified atom stereocenters. The lowest BCUT2D eigenvalue weighted by atomic mass is 10.1. The zero-order chi connectivity index (χ0) is 17.8. The molecule has 0 atom stereocenters. The summed E-state index contributed by atoms with van der Waals surface area (Å²) in [6.07, 6.45) is 0.353. The molecule has 1 amide bonds. The standard InChI is InChI=1S/C20H21N3OS/c1-14-21-19(13-25-14)16-6-4-15(5-7-16)12-20(24)22-17-8-10-18(11-9-17)23(2)3/h4-11,13H,12H2,1-3H3,(H,22,24). The van der Waals surface area contributed by atoms with Crippen molar-refractivity contribution >= 4 is 28.6 Å². The highest BCUT2D eigenvalue weighted by Crippen LogP contribution is 2.22. The van der Waals surface area contributed by atoms with Crippen molar-refractivity contribution in [2.24, 2.45) is 0 Å². The fraction of sp³-hybridized carbons (Fsp3) is 0.200. The smallest absolute Gasteiger partial charge is 0.228 e. The van der Waals surface area contributed by atoms with Gasteiger partial charge in [0.15, 0.2) is 0 Å². The lowest BCUT2D eigenvalue weighted by molar-refractivity contribution is -0.115. The molecule has 1 N–H and O–H groups in total. The maximum absolute atomic E-state index is 12.2.